The number of nitrogens with one attached hydrogen (secondary N) is 2. The predicted octanol–water partition coefficient (Wildman–Crippen LogP) is 3.73. The molecule has 0 amide bonds. The van der Waals surface area contributed by atoms with Gasteiger partial charge in [0.25, 0.3) is 10.0 Å². The molecule has 45 heavy (non-hydrogen) atoms. The number of H-pyrrole nitrogens is 1. The van der Waals surface area contributed by atoms with Gasteiger partial charge >= 0.3 is 4.87 Å². The van der Waals surface area contributed by atoms with Crippen LogP contribution in [0.3, 0.4) is 0 Å². The van der Waals surface area contributed by atoms with E-state index in [1.807, 2.05) is 19.1 Å². The maximum Gasteiger partial charge on any atom is 0.305 e. The Morgan fingerprint density at radius 2 is 1.89 bits per heavy atom. The van der Waals surface area contributed by atoms with Crippen LogP contribution in [0.4, 0.5) is 4.39 Å². The van der Waals surface area contributed by atoms with Crippen LogP contribution in [0.5, 0.6) is 5.75 Å². The molecule has 2 aliphatic rings. The van der Waals surface area contributed by atoms with E-state index in [1.54, 1.807) is 22.5 Å². The van der Waals surface area contributed by atoms with E-state index in [9.17, 15) is 27.8 Å². The molecule has 2 aromatic carbocycles. The number of nitrogens with zero attached hydrogens (tertiary/aromatic N) is 2. The number of aryl methyl sites for hydroxylation is 1. The molecule has 6 rings (SSSR count). The third-order valence-corrected chi connectivity index (χ3v) is 12.8. The first-order valence-corrected chi connectivity index (χ1v) is 18.0. The molecule has 2 aliphatic heterocycles. The lowest BCUT2D eigenvalue weighted by Gasteiger charge is -2.46. The quantitative estimate of drug-likeness (QED) is 0.187. The Kier molecular flexibility index (Phi) is 9.46. The number of halogens is 1. The number of likely N-dealkylation sites (tertiary alicyclic amines) is 1. The Morgan fingerprint density at radius 3 is 2.64 bits per heavy atom. The summed E-state index contributed by atoms with van der Waals surface area (Å²) in [7, 11) is -3.55. The highest BCUT2D eigenvalue weighted by atomic mass is 32.2. The molecule has 0 radical (unpaired) electrons. The summed E-state index contributed by atoms with van der Waals surface area (Å²) in [5.41, 5.74) is 2.08. The lowest BCUT2D eigenvalue weighted by Crippen LogP contribution is -2.57. The summed E-state index contributed by atoms with van der Waals surface area (Å²) in [5.74, 6) is -0.340. The van der Waals surface area contributed by atoms with Gasteiger partial charge in [0.05, 0.1) is 23.0 Å². The van der Waals surface area contributed by atoms with Crippen LogP contribution in [0, 0.1) is 12.7 Å². The van der Waals surface area contributed by atoms with Gasteiger partial charge in [-0.05, 0) is 74.2 Å². The second-order valence-electron chi connectivity index (χ2n) is 11.8. The van der Waals surface area contributed by atoms with Gasteiger partial charge in [-0.1, -0.05) is 23.5 Å². The molecule has 4 aromatic rings. The smallest absolute Gasteiger partial charge is 0.305 e. The van der Waals surface area contributed by atoms with Crippen molar-refractivity contribution < 1.29 is 27.8 Å². The van der Waals surface area contributed by atoms with Crippen molar-refractivity contribution in [2.75, 3.05) is 45.9 Å². The minimum Gasteiger partial charge on any atom is -0.506 e. The number of sulfonamides is 1. The summed E-state index contributed by atoms with van der Waals surface area (Å²) in [6.07, 6.45) is 1.07. The first kappa shape index (κ1) is 32.3. The van der Waals surface area contributed by atoms with Gasteiger partial charge in [-0.3, -0.25) is 9.69 Å². The molecule has 10 nitrogen and oxygen atoms in total. The lowest BCUT2D eigenvalue weighted by atomic mass is 9.89. The van der Waals surface area contributed by atoms with Gasteiger partial charge in [0.15, 0.2) is 0 Å². The number of hydrogen-bond donors (Lipinski definition) is 4. The van der Waals surface area contributed by atoms with Crippen LogP contribution < -0.4 is 10.2 Å². The van der Waals surface area contributed by atoms with E-state index < -0.39 is 21.7 Å². The van der Waals surface area contributed by atoms with Gasteiger partial charge in [0.1, 0.15) is 21.3 Å². The van der Waals surface area contributed by atoms with Crippen molar-refractivity contribution in [1.82, 2.24) is 19.5 Å². The number of aromatic hydroxyl groups is 1. The normalized spacial score (nSPS) is 18.6. The number of fused-ring (bicyclic) bond motifs is 1. The van der Waals surface area contributed by atoms with Gasteiger partial charge in [0.2, 0.25) is 0 Å². The Morgan fingerprint density at radius 1 is 1.11 bits per heavy atom. The topological polar surface area (TPSA) is 135 Å². The van der Waals surface area contributed by atoms with Crippen LogP contribution >= 0.6 is 22.7 Å². The Balaban J connectivity index is 1.00. The van der Waals surface area contributed by atoms with E-state index in [-0.39, 0.29) is 23.0 Å². The summed E-state index contributed by atoms with van der Waals surface area (Å²) >= 11 is 2.24. The second-order valence-corrected chi connectivity index (χ2v) is 16.3. The predicted molar refractivity (Wildman–Crippen MR) is 173 cm³/mol. The summed E-state index contributed by atoms with van der Waals surface area (Å²) in [4.78, 5) is 17.3. The monoisotopic (exact) mass is 676 g/mol. The third kappa shape index (κ3) is 7.18. The van der Waals surface area contributed by atoms with Crippen LogP contribution in [0.15, 0.2) is 51.5 Å². The summed E-state index contributed by atoms with van der Waals surface area (Å²) in [6, 6.07) is 11.6. The van der Waals surface area contributed by atoms with Crippen LogP contribution in [0.2, 0.25) is 0 Å². The number of benzene rings is 2. The molecule has 2 aromatic heterocycles. The molecule has 0 bridgehead atoms. The third-order valence-electron chi connectivity index (χ3n) is 8.59. The van der Waals surface area contributed by atoms with Crippen LogP contribution in [0.1, 0.15) is 40.5 Å². The van der Waals surface area contributed by atoms with Crippen molar-refractivity contribution in [2.24, 2.45) is 0 Å². The van der Waals surface area contributed by atoms with Gasteiger partial charge in [-0.15, -0.1) is 11.3 Å². The van der Waals surface area contributed by atoms with Crippen molar-refractivity contribution in [2.45, 2.75) is 48.6 Å². The first-order chi connectivity index (χ1) is 21.5. The van der Waals surface area contributed by atoms with Crippen molar-refractivity contribution in [3.8, 4) is 5.75 Å². The Labute approximate surface area is 269 Å². The van der Waals surface area contributed by atoms with Crippen molar-refractivity contribution >= 4 is 42.9 Å². The number of phenolic OH excluding ortho intramolecular Hbond substituents is 1. The number of piperidine rings is 1. The molecule has 4 heterocycles. The molecule has 1 spiro atoms. The van der Waals surface area contributed by atoms with E-state index in [0.717, 1.165) is 40.4 Å². The average Bonchev–Trinajstić information content (AvgIpc) is 3.63. The van der Waals surface area contributed by atoms with Gasteiger partial charge in [-0.25, -0.2) is 12.8 Å². The van der Waals surface area contributed by atoms with Gasteiger partial charge in [-0.2, -0.15) is 4.31 Å². The van der Waals surface area contributed by atoms with Crippen molar-refractivity contribution in [1.29, 1.82) is 0 Å². The number of aromatic amines is 1. The van der Waals surface area contributed by atoms with Gasteiger partial charge in [0, 0.05) is 49.7 Å². The Hall–Kier alpha value is -2.69. The number of aromatic nitrogens is 1. The minimum atomic E-state index is -3.55. The van der Waals surface area contributed by atoms with E-state index in [2.05, 4.69) is 15.2 Å². The SMILES string of the molecule is Cc1ccc(S(=O)(=O)N2CCOC3(CCN(Cc4cc(F)cc(CCNC[C@H](O)c5ccc(O)c6[nH]c(=O)sc56)c4)CC3)C2)s1. The molecule has 0 aliphatic carbocycles. The molecule has 1 atom stereocenters. The summed E-state index contributed by atoms with van der Waals surface area (Å²) in [6.45, 7) is 5.73. The number of hydrogen-bond acceptors (Lipinski definition) is 10. The fraction of sp³-hybridized carbons (Fsp3) is 0.452. The number of phenols is 1. The maximum atomic E-state index is 14.6. The molecule has 242 valence electrons. The average molecular weight is 677 g/mol. The highest BCUT2D eigenvalue weighted by Crippen LogP contribution is 2.35. The van der Waals surface area contributed by atoms with Crippen molar-refractivity contribution in [3.05, 3.63) is 79.5 Å². The molecular weight excluding hydrogens is 640 g/mol. The molecule has 14 heteroatoms. The highest BCUT2D eigenvalue weighted by molar-refractivity contribution is 7.91. The molecule has 4 N–H and O–H groups in total. The highest BCUT2D eigenvalue weighted by Gasteiger charge is 2.43. The largest absolute Gasteiger partial charge is 0.506 e. The standard InChI is InChI=1S/C31H37FN4O6S3/c1-20-2-5-27(43-20)45(40,41)36-12-13-42-31(19-36)7-10-35(11-8-31)18-22-14-21(15-23(32)16-22)6-9-33-17-26(38)24-3-4-25(37)28-29(24)44-30(39)34-28/h2-5,14-16,26,33,37-38H,6-13,17-19H2,1H3,(H,34,39)/t26-/m0/s1. The maximum absolute atomic E-state index is 14.6. The zero-order valence-electron chi connectivity index (χ0n) is 24.9. The van der Waals surface area contributed by atoms with E-state index in [0.29, 0.717) is 72.0 Å². The lowest BCUT2D eigenvalue weighted by molar-refractivity contribution is -0.120. The van der Waals surface area contributed by atoms with E-state index in [1.165, 1.54) is 23.5 Å². The molecule has 0 saturated carbocycles. The first-order valence-electron chi connectivity index (χ1n) is 15.0. The van der Waals surface area contributed by atoms with Gasteiger partial charge < -0.3 is 25.3 Å². The van der Waals surface area contributed by atoms with Crippen LogP contribution in [-0.4, -0.2) is 84.3 Å². The number of ether oxygens (including phenoxy) is 1. The number of thiophene rings is 1. The zero-order valence-corrected chi connectivity index (χ0v) is 27.4. The fourth-order valence-corrected chi connectivity index (χ4v) is 10.1. The molecular formula is C31H37FN4O6S3. The number of morpholine rings is 1. The second kappa shape index (κ2) is 13.2. The molecule has 2 fully saturated rings. The summed E-state index contributed by atoms with van der Waals surface area (Å²) in [5, 5.41) is 23.9. The number of aliphatic hydroxyl groups is 1. The van der Waals surface area contributed by atoms with Crippen molar-refractivity contribution in [3.63, 3.8) is 0 Å². The number of rotatable bonds is 10. The van der Waals surface area contributed by atoms with Crippen LogP contribution in [-0.2, 0) is 27.7 Å². The summed E-state index contributed by atoms with van der Waals surface area (Å²) < 4.78 is 49.8. The minimum absolute atomic E-state index is 0.0393. The number of thiazole rings is 1. The van der Waals surface area contributed by atoms with E-state index >= 15 is 0 Å². The number of aliphatic hydroxyl groups excluding tert-OH is 1. The van der Waals surface area contributed by atoms with Crippen LogP contribution in [0.25, 0.3) is 10.2 Å². The Bertz CT molecular complexity index is 1830. The van der Waals surface area contributed by atoms with E-state index in [4.69, 9.17) is 4.74 Å². The zero-order chi connectivity index (χ0) is 31.8. The fourth-order valence-electron chi connectivity index (χ4n) is 6.21. The molecule has 2 saturated heterocycles. The molecule has 0 unspecified atom stereocenters.